The van der Waals surface area contributed by atoms with Gasteiger partial charge in [-0.1, -0.05) is 28.1 Å². The van der Waals surface area contributed by atoms with Gasteiger partial charge in [-0.15, -0.1) is 13.2 Å². The Morgan fingerprint density at radius 2 is 1.59 bits per heavy atom. The number of ether oxygens (including phenoxy) is 1. The molecule has 12 heteroatoms. The van der Waals surface area contributed by atoms with E-state index >= 15 is 0 Å². The highest BCUT2D eigenvalue weighted by Gasteiger charge is 2.31. The molecule has 5 rings (SSSR count). The van der Waals surface area contributed by atoms with Crippen LogP contribution in [0.5, 0.6) is 5.75 Å². The van der Waals surface area contributed by atoms with Gasteiger partial charge in [0.2, 0.25) is 5.78 Å². The Balaban J connectivity index is 1.82. The third-order valence-corrected chi connectivity index (χ3v) is 5.96. The van der Waals surface area contributed by atoms with E-state index in [0.29, 0.717) is 17.2 Å². The summed E-state index contributed by atoms with van der Waals surface area (Å²) in [6.45, 7) is 0. The molecule has 3 aromatic heterocycles. The Hall–Kier alpha value is -3.80. The molecule has 0 aliphatic rings. The van der Waals surface area contributed by atoms with Gasteiger partial charge in [-0.3, -0.25) is 22.9 Å². The zero-order chi connectivity index (χ0) is 24.4. The van der Waals surface area contributed by atoms with Crippen molar-refractivity contribution in [2.75, 3.05) is 0 Å². The van der Waals surface area contributed by atoms with E-state index in [4.69, 9.17) is 0 Å². The number of hydrogen-bond donors (Lipinski definition) is 0. The van der Waals surface area contributed by atoms with Crippen LogP contribution in [-0.4, -0.2) is 29.4 Å². The Morgan fingerprint density at radius 1 is 0.941 bits per heavy atom. The first-order valence-electron chi connectivity index (χ1n) is 9.87. The number of aromatic nitrogens is 5. The summed E-state index contributed by atoms with van der Waals surface area (Å²) in [4.78, 5) is 29.9. The summed E-state index contributed by atoms with van der Waals surface area (Å²) in [5, 5.41) is 0. The molecular weight excluding hydrogens is 519 g/mol. The van der Waals surface area contributed by atoms with Crippen molar-refractivity contribution in [3.05, 3.63) is 80.0 Å². The predicted molar refractivity (Wildman–Crippen MR) is 122 cm³/mol. The fourth-order valence-corrected chi connectivity index (χ4v) is 4.11. The molecule has 5 aromatic rings. The van der Waals surface area contributed by atoms with Crippen molar-refractivity contribution in [2.45, 2.75) is 6.36 Å². The fourth-order valence-electron chi connectivity index (χ4n) is 3.85. The molecule has 0 spiro atoms. The van der Waals surface area contributed by atoms with Gasteiger partial charge in [0.15, 0.2) is 11.2 Å². The molecule has 34 heavy (non-hydrogen) atoms. The van der Waals surface area contributed by atoms with E-state index < -0.39 is 17.6 Å². The van der Waals surface area contributed by atoms with E-state index in [1.54, 1.807) is 15.2 Å². The van der Waals surface area contributed by atoms with Crippen molar-refractivity contribution in [1.82, 2.24) is 23.1 Å². The van der Waals surface area contributed by atoms with Crippen LogP contribution in [0.4, 0.5) is 13.2 Å². The van der Waals surface area contributed by atoms with Crippen LogP contribution in [0.2, 0.25) is 0 Å². The first-order chi connectivity index (χ1) is 16.0. The molecule has 8 nitrogen and oxygen atoms in total. The standard InChI is InChI=1S/C22H15BrF3N5O3/c1-28-18-17(19(32)29(2)21(28)33)30-11-16(12-3-5-13(23)6-4-12)31(20(30)27-18)14-7-9-15(10-8-14)34-22(24,25)26/h3-11H,1-2H3. The Bertz CT molecular complexity index is 1680. The third-order valence-electron chi connectivity index (χ3n) is 5.43. The number of fused-ring (bicyclic) bond motifs is 3. The lowest BCUT2D eigenvalue weighted by atomic mass is 10.1. The number of rotatable bonds is 3. The van der Waals surface area contributed by atoms with Gasteiger partial charge in [0.25, 0.3) is 5.56 Å². The third kappa shape index (κ3) is 3.50. The lowest BCUT2D eigenvalue weighted by Gasteiger charge is -2.12. The molecule has 0 saturated heterocycles. The second-order valence-corrected chi connectivity index (χ2v) is 8.47. The van der Waals surface area contributed by atoms with Crippen molar-refractivity contribution >= 4 is 32.9 Å². The van der Waals surface area contributed by atoms with E-state index in [-0.39, 0.29) is 16.9 Å². The van der Waals surface area contributed by atoms with Crippen LogP contribution < -0.4 is 16.0 Å². The van der Waals surface area contributed by atoms with Crippen LogP contribution in [0, 0.1) is 0 Å². The molecule has 0 unspecified atom stereocenters. The highest BCUT2D eigenvalue weighted by atomic mass is 79.9. The number of nitrogens with zero attached hydrogens (tertiary/aromatic N) is 5. The molecule has 0 fully saturated rings. The summed E-state index contributed by atoms with van der Waals surface area (Å²) in [6.07, 6.45) is -3.10. The minimum Gasteiger partial charge on any atom is -0.406 e. The van der Waals surface area contributed by atoms with Crippen LogP contribution in [0.1, 0.15) is 0 Å². The molecule has 174 valence electrons. The van der Waals surface area contributed by atoms with Crippen LogP contribution in [0.15, 0.2) is 68.8 Å². The van der Waals surface area contributed by atoms with E-state index in [9.17, 15) is 22.8 Å². The van der Waals surface area contributed by atoms with Gasteiger partial charge in [-0.05, 0) is 36.4 Å². The number of alkyl halides is 3. The molecule has 0 aliphatic carbocycles. The SMILES string of the molecule is Cn1c(=O)c2c(nc3n(-c4ccc(OC(F)(F)F)cc4)c(-c4ccc(Br)cc4)cn23)n(C)c1=O. The van der Waals surface area contributed by atoms with Crippen molar-refractivity contribution in [3.8, 4) is 22.7 Å². The number of hydrogen-bond acceptors (Lipinski definition) is 4. The lowest BCUT2D eigenvalue weighted by molar-refractivity contribution is -0.274. The average molecular weight is 534 g/mol. The smallest absolute Gasteiger partial charge is 0.406 e. The zero-order valence-corrected chi connectivity index (χ0v) is 19.3. The summed E-state index contributed by atoms with van der Waals surface area (Å²) >= 11 is 3.40. The molecular formula is C22H15BrF3N5O3. The highest BCUT2D eigenvalue weighted by molar-refractivity contribution is 9.10. The summed E-state index contributed by atoms with van der Waals surface area (Å²) in [7, 11) is 2.90. The summed E-state index contributed by atoms with van der Waals surface area (Å²) in [5.41, 5.74) is 1.26. The van der Waals surface area contributed by atoms with Gasteiger partial charge in [0.1, 0.15) is 5.75 Å². The Morgan fingerprint density at radius 3 is 2.21 bits per heavy atom. The van der Waals surface area contributed by atoms with E-state index in [1.807, 2.05) is 24.3 Å². The molecule has 3 heterocycles. The minimum atomic E-state index is -4.81. The summed E-state index contributed by atoms with van der Waals surface area (Å²) in [6, 6.07) is 12.7. The van der Waals surface area contributed by atoms with E-state index in [1.165, 1.54) is 42.9 Å². The zero-order valence-electron chi connectivity index (χ0n) is 17.7. The molecule has 0 atom stereocenters. The molecule has 0 saturated carbocycles. The molecule has 0 amide bonds. The maximum absolute atomic E-state index is 12.9. The minimum absolute atomic E-state index is 0.191. The second kappa shape index (κ2) is 7.62. The molecule has 0 radical (unpaired) electrons. The van der Waals surface area contributed by atoms with Gasteiger partial charge < -0.3 is 4.74 Å². The van der Waals surface area contributed by atoms with Crippen molar-refractivity contribution in [2.24, 2.45) is 14.1 Å². The van der Waals surface area contributed by atoms with Crippen LogP contribution in [0.25, 0.3) is 33.9 Å². The van der Waals surface area contributed by atoms with Crippen LogP contribution >= 0.6 is 15.9 Å². The second-order valence-electron chi connectivity index (χ2n) is 7.56. The molecule has 2 aromatic carbocycles. The number of halogens is 4. The quantitative estimate of drug-likeness (QED) is 0.351. The van der Waals surface area contributed by atoms with E-state index in [2.05, 4.69) is 25.7 Å². The first kappa shape index (κ1) is 22.0. The summed E-state index contributed by atoms with van der Waals surface area (Å²) < 4.78 is 48.2. The number of imidazole rings is 2. The van der Waals surface area contributed by atoms with Crippen LogP contribution in [0.3, 0.4) is 0 Å². The number of aryl methyl sites for hydroxylation is 1. The number of benzene rings is 2. The van der Waals surface area contributed by atoms with Crippen molar-refractivity contribution in [1.29, 1.82) is 0 Å². The monoisotopic (exact) mass is 533 g/mol. The fraction of sp³-hybridized carbons (Fsp3) is 0.136. The topological polar surface area (TPSA) is 75.5 Å². The van der Waals surface area contributed by atoms with Gasteiger partial charge in [-0.2, -0.15) is 4.98 Å². The molecule has 0 aliphatic heterocycles. The van der Waals surface area contributed by atoms with Gasteiger partial charge >= 0.3 is 12.1 Å². The maximum Gasteiger partial charge on any atom is 0.573 e. The lowest BCUT2D eigenvalue weighted by Crippen LogP contribution is -2.37. The maximum atomic E-state index is 12.9. The first-order valence-corrected chi connectivity index (χ1v) is 10.7. The van der Waals surface area contributed by atoms with Gasteiger partial charge in [-0.25, -0.2) is 4.79 Å². The normalized spacial score (nSPS) is 12.1. The van der Waals surface area contributed by atoms with E-state index in [0.717, 1.165) is 14.6 Å². The highest BCUT2D eigenvalue weighted by Crippen LogP contribution is 2.31. The Kier molecular flexibility index (Phi) is 4.93. The Labute approximate surface area is 197 Å². The van der Waals surface area contributed by atoms with Gasteiger partial charge in [0.05, 0.1) is 5.69 Å². The summed E-state index contributed by atoms with van der Waals surface area (Å²) in [5.74, 6) is -0.0508. The average Bonchev–Trinajstić information content (AvgIpc) is 3.33. The largest absolute Gasteiger partial charge is 0.573 e. The van der Waals surface area contributed by atoms with Gasteiger partial charge in [0, 0.05) is 36.0 Å². The van der Waals surface area contributed by atoms with Crippen LogP contribution in [-0.2, 0) is 14.1 Å². The predicted octanol–water partition coefficient (Wildman–Crippen LogP) is 4.00. The molecule has 0 N–H and O–H groups in total. The van der Waals surface area contributed by atoms with Crippen molar-refractivity contribution < 1.29 is 17.9 Å². The molecule has 0 bridgehead atoms. The van der Waals surface area contributed by atoms with Crippen molar-refractivity contribution in [3.63, 3.8) is 0 Å².